The van der Waals surface area contributed by atoms with E-state index in [4.69, 9.17) is 4.98 Å². The van der Waals surface area contributed by atoms with E-state index in [9.17, 15) is 4.79 Å². The summed E-state index contributed by atoms with van der Waals surface area (Å²) in [5, 5.41) is 4.04. The van der Waals surface area contributed by atoms with E-state index in [2.05, 4.69) is 35.3 Å². The van der Waals surface area contributed by atoms with Crippen molar-refractivity contribution in [3.8, 4) is 0 Å². The molecule has 0 unspecified atom stereocenters. The predicted molar refractivity (Wildman–Crippen MR) is 108 cm³/mol. The standard InChI is InChI=1S/C20H22N4OS/c1-14-5-3-7-16(13-14)21-19(25)23-9-11-24(12-10-23)20-22-18-15(2)6-4-8-17(18)26-20/h3-8,13H,9-12H2,1-2H3,(H,21,25). The number of carbonyl (C=O) groups is 1. The average molecular weight is 366 g/mol. The van der Waals surface area contributed by atoms with Crippen LogP contribution in [0.1, 0.15) is 11.1 Å². The first-order valence-corrected chi connectivity index (χ1v) is 9.65. The second-order valence-corrected chi connectivity index (χ2v) is 7.70. The van der Waals surface area contributed by atoms with E-state index in [0.29, 0.717) is 13.1 Å². The van der Waals surface area contributed by atoms with Crippen LogP contribution in [-0.4, -0.2) is 42.1 Å². The quantitative estimate of drug-likeness (QED) is 0.737. The number of aromatic nitrogens is 1. The summed E-state index contributed by atoms with van der Waals surface area (Å²) in [7, 11) is 0. The van der Waals surface area contributed by atoms with Gasteiger partial charge < -0.3 is 15.1 Å². The molecule has 0 aliphatic carbocycles. The van der Waals surface area contributed by atoms with E-state index < -0.39 is 0 Å². The number of nitrogens with one attached hydrogen (secondary N) is 1. The molecule has 6 heteroatoms. The maximum absolute atomic E-state index is 12.5. The summed E-state index contributed by atoms with van der Waals surface area (Å²) in [6, 6.07) is 14.1. The highest BCUT2D eigenvalue weighted by Crippen LogP contribution is 2.31. The van der Waals surface area contributed by atoms with Gasteiger partial charge in [-0.2, -0.15) is 0 Å². The van der Waals surface area contributed by atoms with Crippen LogP contribution in [0.15, 0.2) is 42.5 Å². The SMILES string of the molecule is Cc1cccc(NC(=O)N2CCN(c3nc4c(C)cccc4s3)CC2)c1. The molecule has 1 fully saturated rings. The first-order chi connectivity index (χ1) is 12.6. The number of urea groups is 1. The molecule has 1 saturated heterocycles. The zero-order valence-electron chi connectivity index (χ0n) is 15.0. The van der Waals surface area contributed by atoms with Crippen molar-refractivity contribution >= 4 is 38.4 Å². The van der Waals surface area contributed by atoms with Crippen LogP contribution in [0.3, 0.4) is 0 Å². The molecule has 134 valence electrons. The van der Waals surface area contributed by atoms with E-state index in [-0.39, 0.29) is 6.03 Å². The Morgan fingerprint density at radius 2 is 1.85 bits per heavy atom. The van der Waals surface area contributed by atoms with E-state index in [1.54, 1.807) is 11.3 Å². The lowest BCUT2D eigenvalue weighted by molar-refractivity contribution is 0.208. The number of rotatable bonds is 2. The number of para-hydroxylation sites is 1. The number of aryl methyl sites for hydroxylation is 2. The number of hydrogen-bond acceptors (Lipinski definition) is 4. The summed E-state index contributed by atoms with van der Waals surface area (Å²) in [5.74, 6) is 0. The first kappa shape index (κ1) is 16.8. The molecule has 0 bridgehead atoms. The Hall–Kier alpha value is -2.60. The third kappa shape index (κ3) is 3.37. The van der Waals surface area contributed by atoms with Gasteiger partial charge in [0.05, 0.1) is 10.2 Å². The minimum absolute atomic E-state index is 0.0320. The van der Waals surface area contributed by atoms with Crippen molar-refractivity contribution < 1.29 is 4.79 Å². The van der Waals surface area contributed by atoms with Crippen molar-refractivity contribution in [1.82, 2.24) is 9.88 Å². The number of hydrogen-bond donors (Lipinski definition) is 1. The highest BCUT2D eigenvalue weighted by molar-refractivity contribution is 7.22. The number of benzene rings is 2. The second kappa shape index (κ2) is 6.96. The van der Waals surface area contributed by atoms with E-state index in [1.165, 1.54) is 10.3 Å². The van der Waals surface area contributed by atoms with Crippen LogP contribution in [0.2, 0.25) is 0 Å². The molecule has 0 radical (unpaired) electrons. The first-order valence-electron chi connectivity index (χ1n) is 8.84. The molecule has 1 aliphatic rings. The zero-order chi connectivity index (χ0) is 18.1. The maximum Gasteiger partial charge on any atom is 0.321 e. The second-order valence-electron chi connectivity index (χ2n) is 6.69. The van der Waals surface area contributed by atoms with Gasteiger partial charge in [-0.3, -0.25) is 0 Å². The molecule has 2 amide bonds. The van der Waals surface area contributed by atoms with Gasteiger partial charge in [-0.25, -0.2) is 9.78 Å². The molecule has 0 spiro atoms. The lowest BCUT2D eigenvalue weighted by Gasteiger charge is -2.34. The van der Waals surface area contributed by atoms with Gasteiger partial charge >= 0.3 is 6.03 Å². The Labute approximate surface area is 157 Å². The minimum atomic E-state index is -0.0320. The smallest absolute Gasteiger partial charge is 0.321 e. The van der Waals surface area contributed by atoms with Gasteiger partial charge in [-0.05, 0) is 43.2 Å². The number of anilines is 2. The Balaban J connectivity index is 1.40. The Kier molecular flexibility index (Phi) is 4.51. The van der Waals surface area contributed by atoms with Gasteiger partial charge in [-0.1, -0.05) is 35.6 Å². The molecular formula is C20H22N4OS. The summed E-state index contributed by atoms with van der Waals surface area (Å²) in [4.78, 5) is 21.5. The molecule has 0 atom stereocenters. The van der Waals surface area contributed by atoms with Crippen molar-refractivity contribution in [2.75, 3.05) is 36.4 Å². The van der Waals surface area contributed by atoms with Crippen LogP contribution in [-0.2, 0) is 0 Å². The van der Waals surface area contributed by atoms with Gasteiger partial charge in [0.15, 0.2) is 5.13 Å². The Bertz CT molecular complexity index is 944. The van der Waals surface area contributed by atoms with Crippen molar-refractivity contribution in [3.63, 3.8) is 0 Å². The normalized spacial score (nSPS) is 14.7. The molecular weight excluding hydrogens is 344 g/mol. The van der Waals surface area contributed by atoms with Gasteiger partial charge in [0.1, 0.15) is 0 Å². The van der Waals surface area contributed by atoms with E-state index in [1.807, 2.05) is 36.1 Å². The molecule has 2 aromatic carbocycles. The highest BCUT2D eigenvalue weighted by Gasteiger charge is 2.23. The van der Waals surface area contributed by atoms with E-state index in [0.717, 1.165) is 35.0 Å². The van der Waals surface area contributed by atoms with Crippen molar-refractivity contribution in [2.45, 2.75) is 13.8 Å². The molecule has 1 aliphatic heterocycles. The topological polar surface area (TPSA) is 48.5 Å². The lowest BCUT2D eigenvalue weighted by atomic mass is 10.2. The van der Waals surface area contributed by atoms with Crippen LogP contribution in [0.5, 0.6) is 0 Å². The molecule has 4 rings (SSSR count). The average Bonchev–Trinajstić information content (AvgIpc) is 3.08. The van der Waals surface area contributed by atoms with Crippen LogP contribution in [0.25, 0.3) is 10.2 Å². The van der Waals surface area contributed by atoms with Crippen LogP contribution >= 0.6 is 11.3 Å². The van der Waals surface area contributed by atoms with Gasteiger partial charge in [0.25, 0.3) is 0 Å². The van der Waals surface area contributed by atoms with Crippen molar-refractivity contribution in [1.29, 1.82) is 0 Å². The molecule has 2 heterocycles. The van der Waals surface area contributed by atoms with Crippen molar-refractivity contribution in [3.05, 3.63) is 53.6 Å². The summed E-state index contributed by atoms with van der Waals surface area (Å²) in [6.07, 6.45) is 0. The van der Waals surface area contributed by atoms with Gasteiger partial charge in [0, 0.05) is 31.9 Å². The maximum atomic E-state index is 12.5. The van der Waals surface area contributed by atoms with Crippen LogP contribution in [0, 0.1) is 13.8 Å². The molecule has 5 nitrogen and oxygen atoms in total. The predicted octanol–water partition coefficient (Wildman–Crippen LogP) is 4.27. The highest BCUT2D eigenvalue weighted by atomic mass is 32.1. The summed E-state index contributed by atoms with van der Waals surface area (Å²) in [5.41, 5.74) is 4.28. The minimum Gasteiger partial charge on any atom is -0.345 e. The fraction of sp³-hybridized carbons (Fsp3) is 0.300. The summed E-state index contributed by atoms with van der Waals surface area (Å²) < 4.78 is 1.22. The Morgan fingerprint density at radius 3 is 2.58 bits per heavy atom. The van der Waals surface area contributed by atoms with Crippen LogP contribution in [0.4, 0.5) is 15.6 Å². The monoisotopic (exact) mass is 366 g/mol. The van der Waals surface area contributed by atoms with Crippen molar-refractivity contribution in [2.24, 2.45) is 0 Å². The third-order valence-corrected chi connectivity index (χ3v) is 5.80. The third-order valence-electron chi connectivity index (χ3n) is 4.72. The number of thiazole rings is 1. The van der Waals surface area contributed by atoms with Crippen LogP contribution < -0.4 is 10.2 Å². The number of amides is 2. The fourth-order valence-corrected chi connectivity index (χ4v) is 4.33. The summed E-state index contributed by atoms with van der Waals surface area (Å²) in [6.45, 7) is 7.13. The fourth-order valence-electron chi connectivity index (χ4n) is 3.24. The number of piperazine rings is 1. The lowest BCUT2D eigenvalue weighted by Crippen LogP contribution is -2.50. The number of fused-ring (bicyclic) bond motifs is 1. The molecule has 1 N–H and O–H groups in total. The van der Waals surface area contributed by atoms with E-state index >= 15 is 0 Å². The largest absolute Gasteiger partial charge is 0.345 e. The molecule has 26 heavy (non-hydrogen) atoms. The molecule has 3 aromatic rings. The zero-order valence-corrected chi connectivity index (χ0v) is 15.8. The Morgan fingerprint density at radius 1 is 1.08 bits per heavy atom. The molecule has 0 saturated carbocycles. The summed E-state index contributed by atoms with van der Waals surface area (Å²) >= 11 is 1.73. The number of nitrogens with zero attached hydrogens (tertiary/aromatic N) is 3. The molecule has 1 aromatic heterocycles. The van der Waals surface area contributed by atoms with Gasteiger partial charge in [-0.15, -0.1) is 0 Å². The van der Waals surface area contributed by atoms with Gasteiger partial charge in [0.2, 0.25) is 0 Å². The number of carbonyl (C=O) groups excluding carboxylic acids is 1.